The molecule has 0 spiro atoms. The van der Waals surface area contributed by atoms with Gasteiger partial charge in [-0.25, -0.2) is 4.39 Å². The van der Waals surface area contributed by atoms with Crippen molar-refractivity contribution < 1.29 is 14.0 Å². The molecular formula is C26H25Cl2FN2O2. The molecule has 0 fully saturated rings. The molecule has 0 aliphatic rings. The number of nitrogens with one attached hydrogen (secondary N) is 1. The summed E-state index contributed by atoms with van der Waals surface area (Å²) in [6.07, 6.45) is 0.393. The molecule has 33 heavy (non-hydrogen) atoms. The number of amides is 2. The minimum absolute atomic E-state index is 0.0444. The SMILES string of the molecule is CCNC(=O)C(Cc1ccccc1)N(Cc1ccc(F)cc1)C(=O)Cc1ccc(Cl)c(Cl)c1. The largest absolute Gasteiger partial charge is 0.355 e. The summed E-state index contributed by atoms with van der Waals surface area (Å²) in [5.41, 5.74) is 2.34. The van der Waals surface area contributed by atoms with Gasteiger partial charge in [0.05, 0.1) is 16.5 Å². The van der Waals surface area contributed by atoms with Gasteiger partial charge in [-0.15, -0.1) is 0 Å². The quantitative estimate of drug-likeness (QED) is 0.437. The number of hydrogen-bond acceptors (Lipinski definition) is 2. The predicted molar refractivity (Wildman–Crippen MR) is 130 cm³/mol. The van der Waals surface area contributed by atoms with Crippen molar-refractivity contribution >= 4 is 35.0 Å². The highest BCUT2D eigenvalue weighted by atomic mass is 35.5. The molecule has 3 aromatic carbocycles. The van der Waals surface area contributed by atoms with Crippen LogP contribution in [0.3, 0.4) is 0 Å². The summed E-state index contributed by atoms with van der Waals surface area (Å²) in [5.74, 6) is -0.854. The number of hydrogen-bond donors (Lipinski definition) is 1. The van der Waals surface area contributed by atoms with Crippen LogP contribution in [0, 0.1) is 5.82 Å². The van der Waals surface area contributed by atoms with E-state index in [1.54, 1.807) is 35.2 Å². The molecule has 7 heteroatoms. The Morgan fingerprint density at radius 1 is 0.909 bits per heavy atom. The molecule has 1 atom stereocenters. The van der Waals surface area contributed by atoms with Gasteiger partial charge in [0, 0.05) is 19.5 Å². The van der Waals surface area contributed by atoms with Gasteiger partial charge in [0.1, 0.15) is 11.9 Å². The van der Waals surface area contributed by atoms with E-state index < -0.39 is 6.04 Å². The Balaban J connectivity index is 1.95. The summed E-state index contributed by atoms with van der Waals surface area (Å²) in [6.45, 7) is 2.43. The van der Waals surface area contributed by atoms with Crippen molar-refractivity contribution in [3.05, 3.63) is 105 Å². The third-order valence-corrected chi connectivity index (χ3v) is 5.97. The lowest BCUT2D eigenvalue weighted by atomic mass is 10.0. The lowest BCUT2D eigenvalue weighted by Crippen LogP contribution is -2.50. The van der Waals surface area contributed by atoms with Crippen LogP contribution in [0.15, 0.2) is 72.8 Å². The standard InChI is InChI=1S/C26H25Cl2FN2O2/c1-2-30-26(33)24(15-18-6-4-3-5-7-18)31(17-19-8-11-21(29)12-9-19)25(32)16-20-10-13-22(27)23(28)14-20/h3-14,24H,2,15-17H2,1H3,(H,30,33). The van der Waals surface area contributed by atoms with Crippen molar-refractivity contribution in [3.63, 3.8) is 0 Å². The molecule has 0 saturated heterocycles. The Kier molecular flexibility index (Phi) is 8.87. The van der Waals surface area contributed by atoms with Gasteiger partial charge < -0.3 is 10.2 Å². The lowest BCUT2D eigenvalue weighted by molar-refractivity contribution is -0.140. The molecule has 0 aliphatic carbocycles. The molecule has 0 saturated carbocycles. The third-order valence-electron chi connectivity index (χ3n) is 5.23. The number of nitrogens with zero attached hydrogens (tertiary/aromatic N) is 1. The van der Waals surface area contributed by atoms with E-state index in [0.29, 0.717) is 28.6 Å². The zero-order valence-electron chi connectivity index (χ0n) is 18.2. The fourth-order valence-electron chi connectivity index (χ4n) is 3.56. The monoisotopic (exact) mass is 486 g/mol. The van der Waals surface area contributed by atoms with Gasteiger partial charge in [-0.05, 0) is 47.9 Å². The second-order valence-corrected chi connectivity index (χ2v) is 8.49. The predicted octanol–water partition coefficient (Wildman–Crippen LogP) is 5.45. The zero-order valence-corrected chi connectivity index (χ0v) is 19.7. The summed E-state index contributed by atoms with van der Waals surface area (Å²) in [5, 5.41) is 3.61. The zero-order chi connectivity index (χ0) is 23.8. The second-order valence-electron chi connectivity index (χ2n) is 7.67. The molecule has 0 heterocycles. The summed E-state index contributed by atoms with van der Waals surface area (Å²) in [4.78, 5) is 28.2. The highest BCUT2D eigenvalue weighted by Gasteiger charge is 2.30. The van der Waals surface area contributed by atoms with Gasteiger partial charge >= 0.3 is 0 Å². The van der Waals surface area contributed by atoms with E-state index in [-0.39, 0.29) is 30.6 Å². The van der Waals surface area contributed by atoms with Crippen LogP contribution in [-0.4, -0.2) is 29.3 Å². The van der Waals surface area contributed by atoms with Gasteiger partial charge in [-0.1, -0.05) is 71.7 Å². The third kappa shape index (κ3) is 7.04. The first-order valence-electron chi connectivity index (χ1n) is 10.7. The molecular weight excluding hydrogens is 462 g/mol. The average molecular weight is 487 g/mol. The molecule has 0 bridgehead atoms. The molecule has 4 nitrogen and oxygen atoms in total. The van der Waals surface area contributed by atoms with Gasteiger partial charge in [-0.3, -0.25) is 9.59 Å². The van der Waals surface area contributed by atoms with Crippen LogP contribution >= 0.6 is 23.2 Å². The van der Waals surface area contributed by atoms with Crippen molar-refractivity contribution in [3.8, 4) is 0 Å². The van der Waals surface area contributed by atoms with Crippen molar-refractivity contribution in [1.29, 1.82) is 0 Å². The van der Waals surface area contributed by atoms with Crippen LogP contribution in [0.2, 0.25) is 10.0 Å². The van der Waals surface area contributed by atoms with Crippen LogP contribution in [0.5, 0.6) is 0 Å². The highest BCUT2D eigenvalue weighted by molar-refractivity contribution is 6.42. The van der Waals surface area contributed by atoms with E-state index in [2.05, 4.69) is 5.32 Å². The number of likely N-dealkylation sites (N-methyl/N-ethyl adjacent to an activating group) is 1. The Labute approximate surface area is 203 Å². The van der Waals surface area contributed by atoms with Crippen LogP contribution in [-0.2, 0) is 29.0 Å². The number of rotatable bonds is 9. The number of carbonyl (C=O) groups excluding carboxylic acids is 2. The van der Waals surface area contributed by atoms with E-state index in [1.165, 1.54) is 12.1 Å². The Morgan fingerprint density at radius 2 is 1.58 bits per heavy atom. The normalized spacial score (nSPS) is 11.6. The number of halogens is 3. The molecule has 0 aliphatic heterocycles. The molecule has 172 valence electrons. The van der Waals surface area contributed by atoms with Crippen molar-refractivity contribution in [2.24, 2.45) is 0 Å². The van der Waals surface area contributed by atoms with Crippen LogP contribution in [0.1, 0.15) is 23.6 Å². The smallest absolute Gasteiger partial charge is 0.243 e. The van der Waals surface area contributed by atoms with Gasteiger partial charge in [0.25, 0.3) is 0 Å². The summed E-state index contributed by atoms with van der Waals surface area (Å²) in [7, 11) is 0. The first-order valence-corrected chi connectivity index (χ1v) is 11.4. The van der Waals surface area contributed by atoms with Gasteiger partial charge in [-0.2, -0.15) is 0 Å². The van der Waals surface area contributed by atoms with E-state index in [0.717, 1.165) is 11.1 Å². The topological polar surface area (TPSA) is 49.4 Å². The summed E-state index contributed by atoms with van der Waals surface area (Å²) >= 11 is 12.1. The maximum Gasteiger partial charge on any atom is 0.243 e. The lowest BCUT2D eigenvalue weighted by Gasteiger charge is -2.31. The number of benzene rings is 3. The molecule has 1 unspecified atom stereocenters. The van der Waals surface area contributed by atoms with E-state index >= 15 is 0 Å². The van der Waals surface area contributed by atoms with E-state index in [1.807, 2.05) is 37.3 Å². The average Bonchev–Trinajstić information content (AvgIpc) is 2.80. The van der Waals surface area contributed by atoms with Crippen LogP contribution in [0.25, 0.3) is 0 Å². The van der Waals surface area contributed by atoms with Crippen molar-refractivity contribution in [1.82, 2.24) is 10.2 Å². The van der Waals surface area contributed by atoms with Gasteiger partial charge in [0.2, 0.25) is 11.8 Å². The first-order chi connectivity index (χ1) is 15.9. The summed E-state index contributed by atoms with van der Waals surface area (Å²) < 4.78 is 13.4. The van der Waals surface area contributed by atoms with Crippen LogP contribution in [0.4, 0.5) is 4.39 Å². The number of carbonyl (C=O) groups is 2. The molecule has 2 amide bonds. The van der Waals surface area contributed by atoms with E-state index in [4.69, 9.17) is 23.2 Å². The molecule has 3 rings (SSSR count). The van der Waals surface area contributed by atoms with Crippen molar-refractivity contribution in [2.45, 2.75) is 32.4 Å². The Morgan fingerprint density at radius 3 is 2.21 bits per heavy atom. The second kappa shape index (κ2) is 11.8. The minimum atomic E-state index is -0.743. The maximum absolute atomic E-state index is 13.5. The fraction of sp³-hybridized carbons (Fsp3) is 0.231. The maximum atomic E-state index is 13.5. The fourth-order valence-corrected chi connectivity index (χ4v) is 3.88. The van der Waals surface area contributed by atoms with Crippen molar-refractivity contribution in [2.75, 3.05) is 6.54 Å². The first kappa shape index (κ1) is 24.7. The minimum Gasteiger partial charge on any atom is -0.355 e. The Hall–Kier alpha value is -2.89. The molecule has 0 radical (unpaired) electrons. The molecule has 1 N–H and O–H groups in total. The van der Waals surface area contributed by atoms with Gasteiger partial charge in [0.15, 0.2) is 0 Å². The van der Waals surface area contributed by atoms with Crippen LogP contribution < -0.4 is 5.32 Å². The molecule has 3 aromatic rings. The Bertz CT molecular complexity index is 1090. The van der Waals surface area contributed by atoms with E-state index in [9.17, 15) is 14.0 Å². The summed E-state index contributed by atoms with van der Waals surface area (Å²) in [6, 6.07) is 19.7. The molecule has 0 aromatic heterocycles. The highest BCUT2D eigenvalue weighted by Crippen LogP contribution is 2.24.